The number of benzene rings is 2. The van der Waals surface area contributed by atoms with Gasteiger partial charge in [-0.3, -0.25) is 9.36 Å². The van der Waals surface area contributed by atoms with Crippen LogP contribution in [0.15, 0.2) is 53.4 Å². The maximum atomic E-state index is 13.2. The van der Waals surface area contributed by atoms with Crippen molar-refractivity contribution in [2.45, 2.75) is 37.2 Å². The highest BCUT2D eigenvalue weighted by atomic mass is 32.2. The van der Waals surface area contributed by atoms with Crippen molar-refractivity contribution in [1.82, 2.24) is 9.47 Å². The van der Waals surface area contributed by atoms with Gasteiger partial charge in [0.2, 0.25) is 0 Å². The second kappa shape index (κ2) is 7.74. The average molecular weight is 476 g/mol. The third-order valence-electron chi connectivity index (χ3n) is 6.80. The number of amides is 1. The number of aryl methyl sites for hydroxylation is 2. The minimum absolute atomic E-state index is 0.127. The molecule has 1 spiro atoms. The molecule has 0 radical (unpaired) electrons. The Morgan fingerprint density at radius 3 is 2.44 bits per heavy atom. The highest BCUT2D eigenvalue weighted by Crippen LogP contribution is 2.46. The highest BCUT2D eigenvalue weighted by molar-refractivity contribution is 7.90. The Morgan fingerprint density at radius 2 is 1.79 bits per heavy atom. The molecule has 0 bridgehead atoms. The number of hydrogen-bond donors (Lipinski definition) is 0. The first kappa shape index (κ1) is 22.2. The third-order valence-corrected chi connectivity index (χ3v) is 8.06. The summed E-state index contributed by atoms with van der Waals surface area (Å²) in [5.41, 5.74) is 3.83. The molecule has 0 N–H and O–H groups in total. The van der Waals surface area contributed by atoms with Crippen molar-refractivity contribution in [3.05, 3.63) is 76.6 Å². The second-order valence-electron chi connectivity index (χ2n) is 9.16. The minimum atomic E-state index is -3.34. The van der Waals surface area contributed by atoms with Crippen molar-refractivity contribution in [2.75, 3.05) is 19.3 Å². The van der Waals surface area contributed by atoms with Gasteiger partial charge in [-0.05, 0) is 67.4 Å². The lowest BCUT2D eigenvalue weighted by Crippen LogP contribution is -2.50. The van der Waals surface area contributed by atoms with Crippen LogP contribution >= 0.6 is 0 Å². The van der Waals surface area contributed by atoms with Gasteiger partial charge < -0.3 is 9.64 Å². The first-order valence-corrected chi connectivity index (χ1v) is 13.0. The lowest BCUT2D eigenvalue weighted by Gasteiger charge is -2.45. The zero-order valence-electron chi connectivity index (χ0n) is 19.3. The normalized spacial score (nSPS) is 16.4. The number of nitriles is 1. The largest absolute Gasteiger partial charge is 0.479 e. The number of rotatable bonds is 2. The van der Waals surface area contributed by atoms with Gasteiger partial charge in [-0.1, -0.05) is 6.07 Å². The first-order chi connectivity index (χ1) is 16.1. The summed E-state index contributed by atoms with van der Waals surface area (Å²) in [4.78, 5) is 15.2. The minimum Gasteiger partial charge on any atom is -0.479 e. The predicted molar refractivity (Wildman–Crippen MR) is 127 cm³/mol. The Balaban J connectivity index is 1.43. The molecule has 5 rings (SSSR count). The Morgan fingerprint density at radius 1 is 1.06 bits per heavy atom. The summed E-state index contributed by atoms with van der Waals surface area (Å²) in [5.74, 6) is 0.616. The van der Waals surface area contributed by atoms with Crippen LogP contribution in [0.5, 0.6) is 5.75 Å². The average Bonchev–Trinajstić information content (AvgIpc) is 3.23. The summed E-state index contributed by atoms with van der Waals surface area (Å²) < 4.78 is 32.4. The molecule has 3 heterocycles. The molecule has 174 valence electrons. The molecule has 1 aromatic heterocycles. The molecular weight excluding hydrogens is 450 g/mol. The third kappa shape index (κ3) is 3.48. The smallest absolute Gasteiger partial charge is 0.253 e. The molecule has 7 nitrogen and oxygen atoms in total. The van der Waals surface area contributed by atoms with Gasteiger partial charge in [-0.15, -0.1) is 0 Å². The van der Waals surface area contributed by atoms with Crippen LogP contribution in [-0.2, 0) is 15.4 Å². The van der Waals surface area contributed by atoms with E-state index in [1.54, 1.807) is 24.0 Å². The van der Waals surface area contributed by atoms with E-state index >= 15 is 0 Å². The van der Waals surface area contributed by atoms with Gasteiger partial charge in [0, 0.05) is 37.8 Å². The van der Waals surface area contributed by atoms with Crippen LogP contribution in [0.2, 0.25) is 0 Å². The lowest BCUT2D eigenvalue weighted by molar-refractivity contribution is -0.00941. The standard InChI is InChI=1S/C26H25N3O4S/c1-17-4-7-21-22(14-17)33-26(24-9-6-20(16-27)29(21)24)10-12-28(13-11-26)25(30)19-5-8-23(18(2)15-19)34(3,31)32/h4-9,14-15H,10-13H2,1-3H3. The van der Waals surface area contributed by atoms with Gasteiger partial charge in [-0.2, -0.15) is 5.26 Å². The number of likely N-dealkylation sites (tertiary alicyclic amines) is 1. The van der Waals surface area contributed by atoms with E-state index < -0.39 is 15.4 Å². The predicted octanol–water partition coefficient (Wildman–Crippen LogP) is 3.89. The molecule has 0 saturated carbocycles. The molecule has 2 aliphatic rings. The monoisotopic (exact) mass is 475 g/mol. The number of piperidine rings is 1. The summed E-state index contributed by atoms with van der Waals surface area (Å²) in [7, 11) is -3.34. The van der Waals surface area contributed by atoms with Crippen LogP contribution in [0.4, 0.5) is 0 Å². The zero-order valence-corrected chi connectivity index (χ0v) is 20.1. The molecule has 2 aromatic carbocycles. The van der Waals surface area contributed by atoms with Crippen LogP contribution < -0.4 is 4.74 Å². The number of nitrogens with zero attached hydrogens (tertiary/aromatic N) is 3. The quantitative estimate of drug-likeness (QED) is 0.561. The number of hydrogen-bond acceptors (Lipinski definition) is 5. The molecule has 1 amide bonds. The summed E-state index contributed by atoms with van der Waals surface area (Å²) >= 11 is 0. The Kier molecular flexibility index (Phi) is 5.06. The van der Waals surface area contributed by atoms with Crippen LogP contribution in [0, 0.1) is 25.2 Å². The van der Waals surface area contributed by atoms with E-state index in [1.807, 2.05) is 41.8 Å². The van der Waals surface area contributed by atoms with Gasteiger partial charge in [0.15, 0.2) is 15.4 Å². The number of ether oxygens (including phenoxy) is 1. The number of sulfone groups is 1. The number of carbonyl (C=O) groups is 1. The number of carbonyl (C=O) groups excluding carboxylic acids is 1. The first-order valence-electron chi connectivity index (χ1n) is 11.2. The van der Waals surface area contributed by atoms with Crippen molar-refractivity contribution in [2.24, 2.45) is 0 Å². The van der Waals surface area contributed by atoms with E-state index in [4.69, 9.17) is 4.74 Å². The summed E-state index contributed by atoms with van der Waals surface area (Å²) in [6, 6.07) is 16.7. The van der Waals surface area contributed by atoms with Crippen LogP contribution in [0.1, 0.15) is 45.7 Å². The maximum absolute atomic E-state index is 13.2. The van der Waals surface area contributed by atoms with Gasteiger partial charge in [0.05, 0.1) is 16.3 Å². The fraction of sp³-hybridized carbons (Fsp3) is 0.308. The molecule has 0 aliphatic carbocycles. The second-order valence-corrected chi connectivity index (χ2v) is 11.1. The molecule has 0 atom stereocenters. The molecule has 1 fully saturated rings. The topological polar surface area (TPSA) is 92.4 Å². The van der Waals surface area contributed by atoms with Crippen molar-refractivity contribution in [3.63, 3.8) is 0 Å². The fourth-order valence-corrected chi connectivity index (χ4v) is 6.06. The summed E-state index contributed by atoms with van der Waals surface area (Å²) in [6.45, 7) is 4.68. The van der Waals surface area contributed by atoms with Crippen molar-refractivity contribution >= 4 is 15.7 Å². The molecule has 34 heavy (non-hydrogen) atoms. The van der Waals surface area contributed by atoms with Gasteiger partial charge in [0.1, 0.15) is 17.5 Å². The zero-order chi connectivity index (χ0) is 24.3. The molecule has 0 unspecified atom stereocenters. The van der Waals surface area contributed by atoms with E-state index in [0.717, 1.165) is 29.0 Å². The van der Waals surface area contributed by atoms with Gasteiger partial charge in [0.25, 0.3) is 5.91 Å². The Hall–Kier alpha value is -3.57. The lowest BCUT2D eigenvalue weighted by atomic mass is 9.86. The molecule has 3 aromatic rings. The van der Waals surface area contributed by atoms with Crippen molar-refractivity contribution < 1.29 is 17.9 Å². The molecule has 8 heteroatoms. The maximum Gasteiger partial charge on any atom is 0.253 e. The Bertz CT molecular complexity index is 1470. The van der Waals surface area contributed by atoms with Gasteiger partial charge in [-0.25, -0.2) is 8.42 Å². The van der Waals surface area contributed by atoms with E-state index in [0.29, 0.717) is 42.8 Å². The highest BCUT2D eigenvalue weighted by Gasteiger charge is 2.45. The summed E-state index contributed by atoms with van der Waals surface area (Å²) in [5, 5.41) is 9.68. The van der Waals surface area contributed by atoms with Gasteiger partial charge >= 0.3 is 0 Å². The van der Waals surface area contributed by atoms with E-state index in [2.05, 4.69) is 6.07 Å². The van der Waals surface area contributed by atoms with Crippen molar-refractivity contribution in [3.8, 4) is 17.5 Å². The van der Waals surface area contributed by atoms with Crippen LogP contribution in [-0.4, -0.2) is 43.1 Å². The van der Waals surface area contributed by atoms with E-state index in [9.17, 15) is 18.5 Å². The fourth-order valence-electron chi connectivity index (χ4n) is 5.10. The summed E-state index contributed by atoms with van der Waals surface area (Å²) in [6.07, 6.45) is 2.33. The molecule has 1 saturated heterocycles. The van der Waals surface area contributed by atoms with Crippen LogP contribution in [0.25, 0.3) is 5.69 Å². The molecular formula is C26H25N3O4S. The Labute approximate surface area is 199 Å². The van der Waals surface area contributed by atoms with Crippen LogP contribution in [0.3, 0.4) is 0 Å². The molecule has 2 aliphatic heterocycles. The number of aromatic nitrogens is 1. The SMILES string of the molecule is Cc1ccc2c(c1)OC1(CCN(C(=O)c3ccc(S(C)(=O)=O)c(C)c3)CC1)c1ccc(C#N)n1-2. The van der Waals surface area contributed by atoms with E-state index in [-0.39, 0.29) is 10.8 Å². The van der Waals surface area contributed by atoms with Crippen molar-refractivity contribution in [1.29, 1.82) is 5.26 Å². The van der Waals surface area contributed by atoms with E-state index in [1.165, 1.54) is 6.07 Å². The number of fused-ring (bicyclic) bond motifs is 4.